The normalized spacial score (nSPS) is 26.9. The molecular formula is C14H24N2O2. The van der Waals surface area contributed by atoms with Crippen molar-refractivity contribution < 1.29 is 9.59 Å². The summed E-state index contributed by atoms with van der Waals surface area (Å²) in [6.07, 6.45) is 3.59. The van der Waals surface area contributed by atoms with Gasteiger partial charge in [0.1, 0.15) is 0 Å². The highest BCUT2D eigenvalue weighted by Gasteiger charge is 2.45. The average Bonchev–Trinajstić information content (AvgIpc) is 3.08. The number of hydrogen-bond acceptors (Lipinski definition) is 3. The van der Waals surface area contributed by atoms with Gasteiger partial charge in [0.15, 0.2) is 0 Å². The minimum Gasteiger partial charge on any atom is -0.300 e. The van der Waals surface area contributed by atoms with E-state index < -0.39 is 0 Å². The van der Waals surface area contributed by atoms with Crippen molar-refractivity contribution in [2.24, 2.45) is 5.92 Å². The molecule has 0 aromatic heterocycles. The number of rotatable bonds is 5. The van der Waals surface area contributed by atoms with Crippen LogP contribution in [0.1, 0.15) is 53.4 Å². The Kier molecular flexibility index (Phi) is 3.49. The first-order valence-electron chi connectivity index (χ1n) is 7.00. The molecule has 2 fully saturated rings. The van der Waals surface area contributed by atoms with Gasteiger partial charge in [0, 0.05) is 11.6 Å². The van der Waals surface area contributed by atoms with Crippen LogP contribution in [0.25, 0.3) is 0 Å². The molecule has 0 spiro atoms. The van der Waals surface area contributed by atoms with Crippen molar-refractivity contribution in [2.75, 3.05) is 0 Å². The molecule has 4 heteroatoms. The first-order chi connectivity index (χ1) is 8.36. The summed E-state index contributed by atoms with van der Waals surface area (Å²) < 4.78 is 0. The van der Waals surface area contributed by atoms with Crippen LogP contribution in [-0.2, 0) is 9.59 Å². The molecule has 1 saturated carbocycles. The fourth-order valence-corrected chi connectivity index (χ4v) is 2.78. The van der Waals surface area contributed by atoms with Gasteiger partial charge in [-0.15, -0.1) is 0 Å². The second kappa shape index (κ2) is 4.65. The van der Waals surface area contributed by atoms with Crippen LogP contribution in [0.3, 0.4) is 0 Å². The lowest BCUT2D eigenvalue weighted by molar-refractivity contribution is -0.141. The van der Waals surface area contributed by atoms with E-state index in [-0.39, 0.29) is 29.4 Å². The van der Waals surface area contributed by atoms with Crippen LogP contribution in [0.15, 0.2) is 0 Å². The van der Waals surface area contributed by atoms with Crippen LogP contribution in [0.5, 0.6) is 0 Å². The van der Waals surface area contributed by atoms with Gasteiger partial charge in [-0.1, -0.05) is 6.92 Å². The van der Waals surface area contributed by atoms with Crippen molar-refractivity contribution >= 4 is 11.8 Å². The molecule has 2 unspecified atom stereocenters. The van der Waals surface area contributed by atoms with Gasteiger partial charge >= 0.3 is 0 Å². The smallest absolute Gasteiger partial charge is 0.247 e. The monoisotopic (exact) mass is 252 g/mol. The predicted molar refractivity (Wildman–Crippen MR) is 69.9 cm³/mol. The van der Waals surface area contributed by atoms with Crippen molar-refractivity contribution in [3.05, 3.63) is 0 Å². The van der Waals surface area contributed by atoms with E-state index in [2.05, 4.69) is 19.2 Å². The summed E-state index contributed by atoms with van der Waals surface area (Å²) in [5.74, 6) is 0.583. The maximum Gasteiger partial charge on any atom is 0.247 e. The number of nitrogens with one attached hydrogen (secondary N) is 1. The molecule has 0 radical (unpaired) electrons. The highest BCUT2D eigenvalue weighted by Crippen LogP contribution is 2.40. The van der Waals surface area contributed by atoms with Gasteiger partial charge in [0.05, 0.1) is 12.5 Å². The number of imide groups is 1. The molecule has 4 nitrogen and oxygen atoms in total. The van der Waals surface area contributed by atoms with Gasteiger partial charge in [0.25, 0.3) is 0 Å². The van der Waals surface area contributed by atoms with Crippen molar-refractivity contribution in [3.8, 4) is 0 Å². The fraction of sp³-hybridized carbons (Fsp3) is 0.857. The van der Waals surface area contributed by atoms with E-state index in [0.717, 1.165) is 6.42 Å². The van der Waals surface area contributed by atoms with Crippen LogP contribution >= 0.6 is 0 Å². The molecule has 0 bridgehead atoms. The summed E-state index contributed by atoms with van der Waals surface area (Å²) in [6, 6.07) is -0.303. The minimum absolute atomic E-state index is 0.0147. The number of hydrogen-bond donors (Lipinski definition) is 1. The third-order valence-corrected chi connectivity index (χ3v) is 4.36. The number of likely N-dealkylation sites (tertiary alicyclic amines) is 1. The zero-order valence-corrected chi connectivity index (χ0v) is 11.8. The van der Waals surface area contributed by atoms with E-state index in [1.165, 1.54) is 17.7 Å². The Labute approximate surface area is 109 Å². The van der Waals surface area contributed by atoms with E-state index in [1.807, 2.05) is 13.8 Å². The lowest BCUT2D eigenvalue weighted by atomic mass is 9.97. The van der Waals surface area contributed by atoms with E-state index in [4.69, 9.17) is 0 Å². The molecule has 1 aliphatic heterocycles. The molecule has 1 N–H and O–H groups in total. The molecule has 2 amide bonds. The van der Waals surface area contributed by atoms with Crippen molar-refractivity contribution in [1.82, 2.24) is 10.2 Å². The second-order valence-corrected chi connectivity index (χ2v) is 6.26. The van der Waals surface area contributed by atoms with E-state index in [1.54, 1.807) is 0 Å². The molecule has 2 atom stereocenters. The Morgan fingerprint density at radius 3 is 2.50 bits per heavy atom. The van der Waals surface area contributed by atoms with Gasteiger partial charge in [-0.05, 0) is 46.0 Å². The third-order valence-electron chi connectivity index (χ3n) is 4.36. The summed E-state index contributed by atoms with van der Waals surface area (Å²) >= 11 is 0. The summed E-state index contributed by atoms with van der Waals surface area (Å²) in [4.78, 5) is 25.7. The van der Waals surface area contributed by atoms with Crippen molar-refractivity contribution in [3.63, 3.8) is 0 Å². The Balaban J connectivity index is 2.03. The molecule has 1 heterocycles. The van der Waals surface area contributed by atoms with Gasteiger partial charge in [-0.3, -0.25) is 14.5 Å². The topological polar surface area (TPSA) is 49.4 Å². The van der Waals surface area contributed by atoms with E-state index in [9.17, 15) is 9.59 Å². The van der Waals surface area contributed by atoms with Gasteiger partial charge in [-0.2, -0.15) is 0 Å². The predicted octanol–water partition coefficient (Wildman–Crippen LogP) is 1.69. The molecule has 0 aromatic carbocycles. The van der Waals surface area contributed by atoms with Crippen LogP contribution < -0.4 is 5.32 Å². The standard InChI is InChI=1S/C14H24N2O2/c1-5-9(2)16-12(17)8-11(13(16)18)15-14(3,4)10-6-7-10/h9-11,15H,5-8H2,1-4H3. The summed E-state index contributed by atoms with van der Waals surface area (Å²) in [7, 11) is 0. The zero-order chi connectivity index (χ0) is 13.5. The Hall–Kier alpha value is -0.900. The largest absolute Gasteiger partial charge is 0.300 e. The first-order valence-corrected chi connectivity index (χ1v) is 7.00. The van der Waals surface area contributed by atoms with Crippen LogP contribution in [0, 0.1) is 5.92 Å². The lowest BCUT2D eigenvalue weighted by Crippen LogP contribution is -2.51. The molecule has 1 saturated heterocycles. The Morgan fingerprint density at radius 2 is 2.00 bits per heavy atom. The van der Waals surface area contributed by atoms with Crippen molar-refractivity contribution in [2.45, 2.75) is 71.0 Å². The maximum absolute atomic E-state index is 12.3. The summed E-state index contributed by atoms with van der Waals surface area (Å²) in [5.41, 5.74) is -0.0356. The Bertz CT molecular complexity index is 361. The van der Waals surface area contributed by atoms with Crippen LogP contribution in [0.2, 0.25) is 0 Å². The molecule has 2 rings (SSSR count). The lowest BCUT2D eigenvalue weighted by Gasteiger charge is -2.29. The number of carbonyl (C=O) groups excluding carboxylic acids is 2. The fourth-order valence-electron chi connectivity index (χ4n) is 2.78. The van der Waals surface area contributed by atoms with Crippen LogP contribution in [-0.4, -0.2) is 34.3 Å². The van der Waals surface area contributed by atoms with Crippen molar-refractivity contribution in [1.29, 1.82) is 0 Å². The number of nitrogens with zero attached hydrogens (tertiary/aromatic N) is 1. The highest BCUT2D eigenvalue weighted by molar-refractivity contribution is 6.05. The van der Waals surface area contributed by atoms with E-state index in [0.29, 0.717) is 12.3 Å². The molecule has 2 aliphatic rings. The summed E-state index contributed by atoms with van der Waals surface area (Å²) in [5, 5.41) is 3.39. The number of carbonyl (C=O) groups is 2. The molecule has 18 heavy (non-hydrogen) atoms. The van der Waals surface area contributed by atoms with E-state index >= 15 is 0 Å². The number of amides is 2. The first kappa shape index (κ1) is 13.5. The maximum atomic E-state index is 12.3. The SMILES string of the molecule is CCC(C)N1C(=O)CC(NC(C)(C)C2CC2)C1=O. The van der Waals surface area contributed by atoms with Gasteiger partial charge in [0.2, 0.25) is 11.8 Å². The quantitative estimate of drug-likeness (QED) is 0.758. The second-order valence-electron chi connectivity index (χ2n) is 6.26. The third kappa shape index (κ3) is 2.44. The molecule has 1 aliphatic carbocycles. The highest BCUT2D eigenvalue weighted by atomic mass is 16.2. The zero-order valence-electron chi connectivity index (χ0n) is 11.8. The molecular weight excluding hydrogens is 228 g/mol. The molecule has 102 valence electrons. The van der Waals surface area contributed by atoms with Gasteiger partial charge in [-0.25, -0.2) is 0 Å². The molecule has 0 aromatic rings. The van der Waals surface area contributed by atoms with Crippen LogP contribution in [0.4, 0.5) is 0 Å². The average molecular weight is 252 g/mol. The Morgan fingerprint density at radius 1 is 1.39 bits per heavy atom. The van der Waals surface area contributed by atoms with Gasteiger partial charge < -0.3 is 5.32 Å². The minimum atomic E-state index is -0.318. The summed E-state index contributed by atoms with van der Waals surface area (Å²) in [6.45, 7) is 8.20.